The molecule has 0 aromatic carbocycles. The van der Waals surface area contributed by atoms with Gasteiger partial charge in [-0.05, 0) is 50.4 Å². The molecule has 2 amide bonds. The van der Waals surface area contributed by atoms with Crippen molar-refractivity contribution in [3.8, 4) is 0 Å². The van der Waals surface area contributed by atoms with Crippen molar-refractivity contribution < 1.29 is 19.1 Å². The highest BCUT2D eigenvalue weighted by Gasteiger charge is 2.60. The van der Waals surface area contributed by atoms with Crippen LogP contribution in [0.3, 0.4) is 0 Å². The fraction of sp³-hybridized carbons (Fsp3) is 0.812. The highest BCUT2D eigenvalue weighted by atomic mass is 79.9. The van der Waals surface area contributed by atoms with E-state index in [1.807, 2.05) is 0 Å². The van der Waals surface area contributed by atoms with Gasteiger partial charge in [-0.25, -0.2) is 0 Å². The zero-order valence-corrected chi connectivity index (χ0v) is 14.9. The Balaban J connectivity index is 1.54. The number of carbonyl (C=O) groups excluding carboxylic acids is 3. The van der Waals surface area contributed by atoms with E-state index < -0.39 is 11.3 Å². The zero-order valence-electron chi connectivity index (χ0n) is 13.3. The average Bonchev–Trinajstić information content (AvgIpc) is 2.47. The molecule has 0 saturated heterocycles. The molecule has 4 atom stereocenters. The Kier molecular flexibility index (Phi) is 4.42. The summed E-state index contributed by atoms with van der Waals surface area (Å²) in [5, 5.41) is 4.84. The Hall–Kier alpha value is -1.11. The first-order chi connectivity index (χ1) is 10.8. The van der Waals surface area contributed by atoms with Gasteiger partial charge in [-0.3, -0.25) is 14.4 Å². The highest BCUT2D eigenvalue weighted by Crippen LogP contribution is 2.64. The van der Waals surface area contributed by atoms with Crippen LogP contribution in [0.15, 0.2) is 0 Å². The fourth-order valence-corrected chi connectivity index (χ4v) is 6.44. The van der Waals surface area contributed by atoms with Crippen molar-refractivity contribution in [2.75, 3.05) is 20.2 Å². The third-order valence-electron chi connectivity index (χ3n) is 5.48. The number of hydrogen-bond donors (Lipinski definition) is 2. The minimum Gasteiger partial charge on any atom is -0.455 e. The van der Waals surface area contributed by atoms with Crippen LogP contribution in [0.4, 0.5) is 0 Å². The Morgan fingerprint density at radius 3 is 2.35 bits per heavy atom. The molecule has 4 fully saturated rings. The van der Waals surface area contributed by atoms with Crippen LogP contribution in [0, 0.1) is 17.3 Å². The standard InChI is InChI=1S/C16H23BrN2O4/c1-18-12(20)7-19-13(21)8-23-14(22)15-3-10-2-11(4-15)6-16(17,5-10)9-15/h10-11H,2-9H2,1H3,(H,18,20)(H,19,21)/t10-,11+,15?,16?. The van der Waals surface area contributed by atoms with E-state index in [0.29, 0.717) is 11.8 Å². The van der Waals surface area contributed by atoms with Gasteiger partial charge in [0.25, 0.3) is 5.91 Å². The molecule has 7 heteroatoms. The monoisotopic (exact) mass is 386 g/mol. The molecule has 2 unspecified atom stereocenters. The second-order valence-electron chi connectivity index (χ2n) is 7.42. The zero-order chi connectivity index (χ0) is 16.7. The number of likely N-dealkylation sites (N-methyl/N-ethyl adjacent to an activating group) is 1. The van der Waals surface area contributed by atoms with Crippen LogP contribution in [0.1, 0.15) is 38.5 Å². The summed E-state index contributed by atoms with van der Waals surface area (Å²) in [5.41, 5.74) is -0.422. The molecule has 0 spiro atoms. The molecule has 4 rings (SSSR count). The van der Waals surface area contributed by atoms with E-state index in [1.165, 1.54) is 13.5 Å². The van der Waals surface area contributed by atoms with Gasteiger partial charge in [-0.2, -0.15) is 0 Å². The second kappa shape index (κ2) is 6.07. The first kappa shape index (κ1) is 16.7. The first-order valence-corrected chi connectivity index (χ1v) is 8.97. The molecule has 0 aromatic rings. The van der Waals surface area contributed by atoms with Crippen LogP contribution in [0.25, 0.3) is 0 Å². The first-order valence-electron chi connectivity index (χ1n) is 8.18. The van der Waals surface area contributed by atoms with Gasteiger partial charge in [0.15, 0.2) is 6.61 Å². The topological polar surface area (TPSA) is 84.5 Å². The molecule has 6 nitrogen and oxygen atoms in total. The maximum atomic E-state index is 12.6. The van der Waals surface area contributed by atoms with Crippen LogP contribution < -0.4 is 10.6 Å². The van der Waals surface area contributed by atoms with Crippen molar-refractivity contribution in [2.45, 2.75) is 42.8 Å². The van der Waals surface area contributed by atoms with E-state index in [2.05, 4.69) is 26.6 Å². The van der Waals surface area contributed by atoms with E-state index in [-0.39, 0.29) is 29.4 Å². The molecule has 4 bridgehead atoms. The van der Waals surface area contributed by atoms with E-state index >= 15 is 0 Å². The lowest BCUT2D eigenvalue weighted by Gasteiger charge is -2.58. The van der Waals surface area contributed by atoms with Gasteiger partial charge in [-0.1, -0.05) is 15.9 Å². The maximum absolute atomic E-state index is 12.6. The normalized spacial score (nSPS) is 37.3. The molecule has 128 valence electrons. The third-order valence-corrected chi connectivity index (χ3v) is 6.41. The van der Waals surface area contributed by atoms with Gasteiger partial charge in [-0.15, -0.1) is 0 Å². The lowest BCUT2D eigenvalue weighted by molar-refractivity contribution is -0.171. The number of hydrogen-bond acceptors (Lipinski definition) is 4. The van der Waals surface area contributed by atoms with Crippen LogP contribution in [-0.4, -0.2) is 42.3 Å². The number of halogens is 1. The summed E-state index contributed by atoms with van der Waals surface area (Å²) in [5.74, 6) is 0.202. The minimum absolute atomic E-state index is 0.0809. The molecular formula is C16H23BrN2O4. The summed E-state index contributed by atoms with van der Waals surface area (Å²) in [6, 6.07) is 0. The van der Waals surface area contributed by atoms with Crippen molar-refractivity contribution in [3.05, 3.63) is 0 Å². The fourth-order valence-electron chi connectivity index (χ4n) is 4.99. The average molecular weight is 387 g/mol. The second-order valence-corrected chi connectivity index (χ2v) is 9.10. The van der Waals surface area contributed by atoms with E-state index in [4.69, 9.17) is 4.74 Å². The van der Waals surface area contributed by atoms with Crippen molar-refractivity contribution in [1.82, 2.24) is 10.6 Å². The lowest BCUT2D eigenvalue weighted by Crippen LogP contribution is -2.56. The SMILES string of the molecule is CNC(=O)CNC(=O)COC(=O)C12C[C@@H]3C[C@@H](CC(Br)(C3)C1)C2. The van der Waals surface area contributed by atoms with Gasteiger partial charge in [0.05, 0.1) is 12.0 Å². The molecular weight excluding hydrogens is 364 g/mol. The highest BCUT2D eigenvalue weighted by molar-refractivity contribution is 9.10. The van der Waals surface area contributed by atoms with E-state index in [0.717, 1.165) is 32.1 Å². The summed E-state index contributed by atoms with van der Waals surface area (Å²) < 4.78 is 5.38. The Morgan fingerprint density at radius 2 is 1.78 bits per heavy atom. The maximum Gasteiger partial charge on any atom is 0.312 e. The van der Waals surface area contributed by atoms with Crippen molar-refractivity contribution in [1.29, 1.82) is 0 Å². The number of rotatable bonds is 5. The molecule has 4 aliphatic carbocycles. The summed E-state index contributed by atoms with van der Waals surface area (Å²) in [6.45, 7) is -0.422. The van der Waals surface area contributed by atoms with E-state index in [1.54, 1.807) is 0 Å². The van der Waals surface area contributed by atoms with E-state index in [9.17, 15) is 14.4 Å². The molecule has 0 heterocycles. The third kappa shape index (κ3) is 3.39. The predicted molar refractivity (Wildman–Crippen MR) is 86.8 cm³/mol. The molecule has 2 N–H and O–H groups in total. The molecule has 0 radical (unpaired) electrons. The van der Waals surface area contributed by atoms with Crippen LogP contribution in [0.2, 0.25) is 0 Å². The molecule has 0 aliphatic heterocycles. The van der Waals surface area contributed by atoms with Crippen molar-refractivity contribution in [3.63, 3.8) is 0 Å². The molecule has 0 aromatic heterocycles. The summed E-state index contributed by atoms with van der Waals surface area (Å²) in [6.07, 6.45) is 6.09. The largest absolute Gasteiger partial charge is 0.455 e. The van der Waals surface area contributed by atoms with Crippen LogP contribution in [0.5, 0.6) is 0 Å². The van der Waals surface area contributed by atoms with Gasteiger partial charge in [0, 0.05) is 11.4 Å². The van der Waals surface area contributed by atoms with Crippen LogP contribution in [-0.2, 0) is 19.1 Å². The number of carbonyl (C=O) groups is 3. The Morgan fingerprint density at radius 1 is 1.13 bits per heavy atom. The number of ether oxygens (including phenoxy) is 1. The Labute approximate surface area is 144 Å². The summed E-state index contributed by atoms with van der Waals surface area (Å²) in [7, 11) is 1.50. The van der Waals surface area contributed by atoms with Crippen molar-refractivity contribution >= 4 is 33.7 Å². The van der Waals surface area contributed by atoms with Crippen LogP contribution >= 0.6 is 15.9 Å². The van der Waals surface area contributed by atoms with Gasteiger partial charge >= 0.3 is 5.97 Å². The quantitative estimate of drug-likeness (QED) is 0.547. The molecule has 23 heavy (non-hydrogen) atoms. The number of esters is 1. The smallest absolute Gasteiger partial charge is 0.312 e. The summed E-state index contributed by atoms with van der Waals surface area (Å²) >= 11 is 3.86. The minimum atomic E-state index is -0.444. The summed E-state index contributed by atoms with van der Waals surface area (Å²) in [4.78, 5) is 35.4. The van der Waals surface area contributed by atoms with Gasteiger partial charge in [0.1, 0.15) is 0 Å². The lowest BCUT2D eigenvalue weighted by atomic mass is 9.49. The number of alkyl halides is 1. The predicted octanol–water partition coefficient (Wildman–Crippen LogP) is 1.13. The molecule has 4 saturated carbocycles. The molecule has 4 aliphatic rings. The van der Waals surface area contributed by atoms with Crippen molar-refractivity contribution in [2.24, 2.45) is 17.3 Å². The number of amides is 2. The van der Waals surface area contributed by atoms with Gasteiger partial charge < -0.3 is 15.4 Å². The van der Waals surface area contributed by atoms with Gasteiger partial charge in [0.2, 0.25) is 5.91 Å². The Bertz CT molecular complexity index is 522. The number of nitrogens with one attached hydrogen (secondary N) is 2.